The molecule has 0 unspecified atom stereocenters. The molecule has 0 saturated carbocycles. The summed E-state index contributed by atoms with van der Waals surface area (Å²) in [4.78, 5) is 0. The summed E-state index contributed by atoms with van der Waals surface area (Å²) >= 11 is 3.25. The van der Waals surface area contributed by atoms with Crippen molar-refractivity contribution >= 4 is 15.9 Å². The maximum absolute atomic E-state index is 3.25. The van der Waals surface area contributed by atoms with Crippen LogP contribution in [0.3, 0.4) is 0 Å². The quantitative estimate of drug-likeness (QED) is 0.616. The van der Waals surface area contributed by atoms with E-state index >= 15 is 0 Å². The molecule has 0 N–H and O–H groups in total. The molecule has 0 aromatic rings. The molecule has 11 heavy (non-hydrogen) atoms. The molecule has 0 aliphatic carbocycles. The van der Waals surface area contributed by atoms with Crippen molar-refractivity contribution in [1.82, 2.24) is 0 Å². The summed E-state index contributed by atoms with van der Waals surface area (Å²) in [5.74, 6) is 0. The van der Waals surface area contributed by atoms with E-state index in [1.165, 1.54) is 11.1 Å². The fourth-order valence-corrected chi connectivity index (χ4v) is 1.23. The molecule has 0 aliphatic rings. The lowest BCUT2D eigenvalue weighted by Gasteiger charge is -1.96. The molecule has 0 aromatic heterocycles. The Morgan fingerprint density at radius 3 is 2.36 bits per heavy atom. The van der Waals surface area contributed by atoms with Crippen molar-refractivity contribution in [2.24, 2.45) is 0 Å². The van der Waals surface area contributed by atoms with Gasteiger partial charge in [-0.25, -0.2) is 0 Å². The zero-order valence-electron chi connectivity index (χ0n) is 7.52. The first-order valence-corrected chi connectivity index (χ1v) is 4.81. The Balaban J connectivity index is 3.54. The Morgan fingerprint density at radius 1 is 1.27 bits per heavy atom. The topological polar surface area (TPSA) is 0 Å². The molecule has 0 aliphatic heterocycles. The molecule has 0 saturated heterocycles. The maximum atomic E-state index is 3.25. The van der Waals surface area contributed by atoms with Crippen LogP contribution in [0, 0.1) is 5.33 Å². The molecule has 0 fully saturated rings. The van der Waals surface area contributed by atoms with Gasteiger partial charge in [0, 0.05) is 5.33 Å². The van der Waals surface area contributed by atoms with E-state index in [4.69, 9.17) is 0 Å². The van der Waals surface area contributed by atoms with Gasteiger partial charge in [-0.2, -0.15) is 0 Å². The van der Waals surface area contributed by atoms with Crippen LogP contribution in [0.2, 0.25) is 0 Å². The van der Waals surface area contributed by atoms with Crippen LogP contribution in [0.1, 0.15) is 33.6 Å². The molecule has 0 aromatic carbocycles. The molecule has 0 rings (SSSR count). The van der Waals surface area contributed by atoms with Crippen molar-refractivity contribution in [3.05, 3.63) is 28.6 Å². The lowest BCUT2D eigenvalue weighted by molar-refractivity contribution is 0.967. The lowest BCUT2D eigenvalue weighted by Crippen LogP contribution is -1.75. The Morgan fingerprint density at radius 2 is 1.91 bits per heavy atom. The van der Waals surface area contributed by atoms with Gasteiger partial charge in [0.2, 0.25) is 0 Å². The zero-order chi connectivity index (χ0) is 8.69. The number of hydrogen-bond donors (Lipinski definition) is 0. The molecule has 0 atom stereocenters. The number of halogens is 1. The van der Waals surface area contributed by atoms with E-state index < -0.39 is 0 Å². The maximum Gasteiger partial charge on any atom is 0.0488 e. The van der Waals surface area contributed by atoms with E-state index in [0.717, 1.165) is 12.8 Å². The van der Waals surface area contributed by atoms with Crippen molar-refractivity contribution in [1.29, 1.82) is 0 Å². The third kappa shape index (κ3) is 7.86. The van der Waals surface area contributed by atoms with Crippen molar-refractivity contribution in [3.63, 3.8) is 0 Å². The zero-order valence-corrected chi connectivity index (χ0v) is 9.11. The van der Waals surface area contributed by atoms with E-state index in [2.05, 4.69) is 48.9 Å². The Kier molecular flexibility index (Phi) is 6.63. The molecular formula is C10H16Br. The minimum atomic E-state index is 1.16. The van der Waals surface area contributed by atoms with Gasteiger partial charge in [-0.1, -0.05) is 39.2 Å². The van der Waals surface area contributed by atoms with E-state index in [-0.39, 0.29) is 0 Å². The van der Waals surface area contributed by atoms with Gasteiger partial charge < -0.3 is 0 Å². The summed E-state index contributed by atoms with van der Waals surface area (Å²) in [5.41, 5.74) is 2.82. The Labute approximate surface area is 78.5 Å². The van der Waals surface area contributed by atoms with E-state index in [1.54, 1.807) is 0 Å². The second kappa shape index (κ2) is 6.66. The minimum absolute atomic E-state index is 1.16. The van der Waals surface area contributed by atoms with Crippen LogP contribution < -0.4 is 0 Å². The summed E-state index contributed by atoms with van der Waals surface area (Å²) in [6.07, 6.45) is 6.68. The van der Waals surface area contributed by atoms with Crippen molar-refractivity contribution < 1.29 is 0 Å². The first-order chi connectivity index (χ1) is 5.16. The molecule has 1 heteroatoms. The Bertz CT molecular complexity index is 150. The second-order valence-corrected chi connectivity index (χ2v) is 3.49. The summed E-state index contributed by atoms with van der Waals surface area (Å²) in [6, 6.07) is 0. The first kappa shape index (κ1) is 11.0. The van der Waals surface area contributed by atoms with E-state index in [9.17, 15) is 0 Å². The second-order valence-electron chi connectivity index (χ2n) is 2.96. The predicted octanol–water partition coefficient (Wildman–Crippen LogP) is 4.24. The average Bonchev–Trinajstić information content (AvgIpc) is 1.87. The highest BCUT2D eigenvalue weighted by molar-refractivity contribution is 9.10. The highest BCUT2D eigenvalue weighted by Gasteiger charge is 1.86. The average molecular weight is 216 g/mol. The molecule has 63 valence electrons. The Hall–Kier alpha value is -0.0400. The van der Waals surface area contributed by atoms with E-state index in [0.29, 0.717) is 0 Å². The van der Waals surface area contributed by atoms with Gasteiger partial charge >= 0.3 is 0 Å². The fourth-order valence-electron chi connectivity index (χ4n) is 0.779. The molecular weight excluding hydrogens is 200 g/mol. The fraction of sp³-hybridized carbons (Fsp3) is 0.500. The van der Waals surface area contributed by atoms with Crippen molar-refractivity contribution in [2.75, 3.05) is 0 Å². The third-order valence-corrected chi connectivity index (χ3v) is 1.70. The normalized spacial score (nSPS) is 11.5. The van der Waals surface area contributed by atoms with Crippen LogP contribution in [-0.2, 0) is 0 Å². The number of hydrogen-bond acceptors (Lipinski definition) is 0. The lowest BCUT2D eigenvalue weighted by atomic mass is 10.1. The highest BCUT2D eigenvalue weighted by atomic mass is 79.9. The predicted molar refractivity (Wildman–Crippen MR) is 55.6 cm³/mol. The molecule has 0 heterocycles. The molecule has 0 amide bonds. The van der Waals surface area contributed by atoms with Gasteiger partial charge in [0.15, 0.2) is 0 Å². The monoisotopic (exact) mass is 215 g/mol. The van der Waals surface area contributed by atoms with E-state index in [1.807, 2.05) is 5.33 Å². The van der Waals surface area contributed by atoms with Crippen LogP contribution in [0.25, 0.3) is 0 Å². The van der Waals surface area contributed by atoms with Gasteiger partial charge in [0.25, 0.3) is 0 Å². The van der Waals surface area contributed by atoms with Crippen molar-refractivity contribution in [3.8, 4) is 0 Å². The van der Waals surface area contributed by atoms with Crippen LogP contribution in [0.5, 0.6) is 0 Å². The largest absolute Gasteiger partial charge is 0.0856 e. The van der Waals surface area contributed by atoms with Crippen molar-refractivity contribution in [2.45, 2.75) is 33.6 Å². The molecule has 0 spiro atoms. The summed E-state index contributed by atoms with van der Waals surface area (Å²) in [5, 5.41) is 1.91. The first-order valence-electron chi connectivity index (χ1n) is 3.89. The minimum Gasteiger partial charge on any atom is -0.0856 e. The van der Waals surface area contributed by atoms with Gasteiger partial charge in [0.1, 0.15) is 0 Å². The summed E-state index contributed by atoms with van der Waals surface area (Å²) in [7, 11) is 0. The summed E-state index contributed by atoms with van der Waals surface area (Å²) in [6.45, 7) is 6.42. The third-order valence-electron chi connectivity index (χ3n) is 1.44. The number of rotatable bonds is 4. The SMILES string of the molecule is CC(C)=CCC/C(C)=C/[CH]Br. The highest BCUT2D eigenvalue weighted by Crippen LogP contribution is 2.08. The van der Waals surface area contributed by atoms with Gasteiger partial charge in [-0.05, 0) is 33.6 Å². The molecule has 0 nitrogen and oxygen atoms in total. The smallest absolute Gasteiger partial charge is 0.0488 e. The van der Waals surface area contributed by atoms with Gasteiger partial charge in [-0.15, -0.1) is 0 Å². The number of allylic oxidation sites excluding steroid dienone is 4. The van der Waals surface area contributed by atoms with Gasteiger partial charge in [0.05, 0.1) is 0 Å². The molecule has 1 radical (unpaired) electrons. The standard InChI is InChI=1S/C10H16Br/c1-9(2)5-4-6-10(3)7-8-11/h5,7-8H,4,6H2,1-3H3/b10-7+. The van der Waals surface area contributed by atoms with Crippen LogP contribution >= 0.6 is 15.9 Å². The summed E-state index contributed by atoms with van der Waals surface area (Å²) < 4.78 is 0. The van der Waals surface area contributed by atoms with Crippen LogP contribution in [-0.4, -0.2) is 0 Å². The molecule has 0 bridgehead atoms. The van der Waals surface area contributed by atoms with Crippen LogP contribution in [0.4, 0.5) is 0 Å². The van der Waals surface area contributed by atoms with Gasteiger partial charge in [-0.3, -0.25) is 0 Å². The van der Waals surface area contributed by atoms with Crippen LogP contribution in [0.15, 0.2) is 23.3 Å².